The molecule has 0 unspecified atom stereocenters. The number of amides is 1. The van der Waals surface area contributed by atoms with Gasteiger partial charge in [0.2, 0.25) is 0 Å². The molecule has 110 valence electrons. The largest absolute Gasteiger partial charge is 0.483 e. The van der Waals surface area contributed by atoms with Crippen molar-refractivity contribution in [2.75, 3.05) is 32.9 Å². The summed E-state index contributed by atoms with van der Waals surface area (Å²) in [5.74, 6) is 0.576. The molecule has 0 aliphatic carbocycles. The normalized spacial score (nSPS) is 15.2. The lowest BCUT2D eigenvalue weighted by Crippen LogP contribution is -2.43. The molecule has 1 aliphatic rings. The third kappa shape index (κ3) is 3.29. The minimum atomic E-state index is -0.0950. The summed E-state index contributed by atoms with van der Waals surface area (Å²) >= 11 is 0. The van der Waals surface area contributed by atoms with E-state index in [9.17, 15) is 9.90 Å². The Morgan fingerprint density at radius 3 is 2.70 bits per heavy atom. The molecule has 0 spiro atoms. The highest BCUT2D eigenvalue weighted by Crippen LogP contribution is 2.26. The number of aliphatic hydroxyl groups excluding tert-OH is 1. The molecule has 0 bridgehead atoms. The maximum absolute atomic E-state index is 12.1. The average molecular weight is 279 g/mol. The summed E-state index contributed by atoms with van der Waals surface area (Å²) in [6.45, 7) is 6.20. The fourth-order valence-electron chi connectivity index (χ4n) is 2.21. The van der Waals surface area contributed by atoms with Crippen LogP contribution in [0.2, 0.25) is 0 Å². The quantitative estimate of drug-likeness (QED) is 0.894. The second-order valence-corrected chi connectivity index (χ2v) is 4.94. The Morgan fingerprint density at radius 2 is 2.05 bits per heavy atom. The van der Waals surface area contributed by atoms with Crippen LogP contribution in [0.15, 0.2) is 12.1 Å². The van der Waals surface area contributed by atoms with Crippen LogP contribution < -0.4 is 4.74 Å². The van der Waals surface area contributed by atoms with Gasteiger partial charge < -0.3 is 19.5 Å². The van der Waals surface area contributed by atoms with E-state index in [0.29, 0.717) is 37.6 Å². The van der Waals surface area contributed by atoms with Crippen molar-refractivity contribution in [2.24, 2.45) is 0 Å². The van der Waals surface area contributed by atoms with E-state index < -0.39 is 0 Å². The molecule has 5 heteroatoms. The van der Waals surface area contributed by atoms with Gasteiger partial charge in [0.25, 0.3) is 5.91 Å². The molecule has 1 saturated heterocycles. The lowest BCUT2D eigenvalue weighted by molar-refractivity contribution is -0.137. The van der Waals surface area contributed by atoms with Gasteiger partial charge in [-0.1, -0.05) is 12.1 Å². The molecule has 0 atom stereocenters. The van der Waals surface area contributed by atoms with Crippen molar-refractivity contribution in [2.45, 2.75) is 20.5 Å². The van der Waals surface area contributed by atoms with Crippen LogP contribution in [-0.4, -0.2) is 48.8 Å². The second kappa shape index (κ2) is 6.72. The third-order valence-corrected chi connectivity index (χ3v) is 3.63. The van der Waals surface area contributed by atoms with Crippen LogP contribution in [0.1, 0.15) is 16.7 Å². The van der Waals surface area contributed by atoms with E-state index in [0.717, 1.165) is 11.1 Å². The van der Waals surface area contributed by atoms with Gasteiger partial charge in [-0.05, 0) is 25.0 Å². The minimum Gasteiger partial charge on any atom is -0.483 e. The fraction of sp³-hybridized carbons (Fsp3) is 0.533. The molecule has 1 N–H and O–H groups in total. The van der Waals surface area contributed by atoms with Gasteiger partial charge in [-0.3, -0.25) is 4.79 Å². The monoisotopic (exact) mass is 279 g/mol. The van der Waals surface area contributed by atoms with Gasteiger partial charge in [0.1, 0.15) is 5.75 Å². The summed E-state index contributed by atoms with van der Waals surface area (Å²) < 4.78 is 10.9. The van der Waals surface area contributed by atoms with Gasteiger partial charge in [-0.2, -0.15) is 0 Å². The number of morpholine rings is 1. The van der Waals surface area contributed by atoms with Gasteiger partial charge >= 0.3 is 0 Å². The second-order valence-electron chi connectivity index (χ2n) is 4.94. The summed E-state index contributed by atoms with van der Waals surface area (Å²) in [6, 6.07) is 3.77. The molecule has 1 fully saturated rings. The van der Waals surface area contributed by atoms with E-state index in [-0.39, 0.29) is 19.1 Å². The van der Waals surface area contributed by atoms with Crippen molar-refractivity contribution in [3.8, 4) is 5.75 Å². The molecule has 2 rings (SSSR count). The first-order valence-corrected chi connectivity index (χ1v) is 6.81. The minimum absolute atomic E-state index is 0.00269. The number of benzene rings is 1. The number of nitrogens with zero attached hydrogens (tertiary/aromatic N) is 1. The molecule has 5 nitrogen and oxygen atoms in total. The van der Waals surface area contributed by atoms with E-state index in [1.807, 2.05) is 26.0 Å². The third-order valence-electron chi connectivity index (χ3n) is 3.63. The summed E-state index contributed by atoms with van der Waals surface area (Å²) in [5, 5.41) is 9.36. The number of rotatable bonds is 4. The Labute approximate surface area is 119 Å². The van der Waals surface area contributed by atoms with Crippen molar-refractivity contribution in [3.63, 3.8) is 0 Å². The van der Waals surface area contributed by atoms with E-state index in [1.165, 1.54) is 0 Å². The fourth-order valence-corrected chi connectivity index (χ4v) is 2.21. The van der Waals surface area contributed by atoms with E-state index >= 15 is 0 Å². The summed E-state index contributed by atoms with van der Waals surface area (Å²) in [4.78, 5) is 13.8. The van der Waals surface area contributed by atoms with Gasteiger partial charge in [-0.15, -0.1) is 0 Å². The predicted molar refractivity (Wildman–Crippen MR) is 74.7 cm³/mol. The highest BCUT2D eigenvalue weighted by Gasteiger charge is 2.18. The first-order valence-electron chi connectivity index (χ1n) is 6.81. The van der Waals surface area contributed by atoms with Crippen molar-refractivity contribution >= 4 is 5.91 Å². The van der Waals surface area contributed by atoms with Crippen LogP contribution in [-0.2, 0) is 16.1 Å². The molecule has 1 heterocycles. The number of ether oxygens (including phenoxy) is 2. The lowest BCUT2D eigenvalue weighted by Gasteiger charge is -2.27. The Balaban J connectivity index is 2.03. The maximum Gasteiger partial charge on any atom is 0.260 e. The van der Waals surface area contributed by atoms with Gasteiger partial charge in [0, 0.05) is 18.7 Å². The van der Waals surface area contributed by atoms with Crippen LogP contribution in [0.3, 0.4) is 0 Å². The molecule has 0 radical (unpaired) electrons. The molecule has 1 amide bonds. The van der Waals surface area contributed by atoms with Crippen LogP contribution in [0.4, 0.5) is 0 Å². The molecule has 0 saturated carbocycles. The smallest absolute Gasteiger partial charge is 0.260 e. The van der Waals surface area contributed by atoms with Crippen molar-refractivity contribution in [3.05, 3.63) is 28.8 Å². The zero-order chi connectivity index (χ0) is 14.5. The topological polar surface area (TPSA) is 59.0 Å². The zero-order valence-electron chi connectivity index (χ0n) is 12.0. The summed E-state index contributed by atoms with van der Waals surface area (Å²) in [6.07, 6.45) is 0. The average Bonchev–Trinajstić information content (AvgIpc) is 2.49. The standard InChI is InChI=1S/C15H21NO4/c1-11-3-4-13(9-17)15(12(11)2)20-10-14(18)16-5-7-19-8-6-16/h3-4,17H,5-10H2,1-2H3. The van der Waals surface area contributed by atoms with E-state index in [2.05, 4.69) is 0 Å². The maximum atomic E-state index is 12.1. The Hall–Kier alpha value is -1.59. The van der Waals surface area contributed by atoms with Crippen molar-refractivity contribution in [1.82, 2.24) is 4.90 Å². The number of aliphatic hydroxyl groups is 1. The zero-order valence-corrected chi connectivity index (χ0v) is 12.0. The summed E-state index contributed by atoms with van der Waals surface area (Å²) in [5.41, 5.74) is 2.75. The van der Waals surface area contributed by atoms with Gasteiger partial charge in [-0.25, -0.2) is 0 Å². The van der Waals surface area contributed by atoms with Crippen LogP contribution in [0, 0.1) is 13.8 Å². The van der Waals surface area contributed by atoms with E-state index in [1.54, 1.807) is 4.90 Å². The van der Waals surface area contributed by atoms with E-state index in [4.69, 9.17) is 9.47 Å². The first-order chi connectivity index (χ1) is 9.63. The van der Waals surface area contributed by atoms with Crippen LogP contribution >= 0.6 is 0 Å². The molecule has 0 aromatic heterocycles. The first kappa shape index (κ1) is 14.8. The van der Waals surface area contributed by atoms with Crippen molar-refractivity contribution in [1.29, 1.82) is 0 Å². The number of hydrogen-bond donors (Lipinski definition) is 1. The Bertz CT molecular complexity index is 481. The van der Waals surface area contributed by atoms with Crippen molar-refractivity contribution < 1.29 is 19.4 Å². The number of carbonyl (C=O) groups excluding carboxylic acids is 1. The highest BCUT2D eigenvalue weighted by molar-refractivity contribution is 5.78. The molecule has 20 heavy (non-hydrogen) atoms. The predicted octanol–water partition coefficient (Wildman–Crippen LogP) is 1.03. The Kier molecular flexibility index (Phi) is 4.98. The SMILES string of the molecule is Cc1ccc(CO)c(OCC(=O)N2CCOCC2)c1C. The van der Waals surface area contributed by atoms with Crippen LogP contribution in [0.5, 0.6) is 5.75 Å². The van der Waals surface area contributed by atoms with Gasteiger partial charge in [0.05, 0.1) is 19.8 Å². The molecular weight excluding hydrogens is 258 g/mol. The number of aryl methyl sites for hydroxylation is 1. The molecule has 1 aliphatic heterocycles. The number of carbonyl (C=O) groups is 1. The lowest BCUT2D eigenvalue weighted by atomic mass is 10.0. The van der Waals surface area contributed by atoms with Gasteiger partial charge in [0.15, 0.2) is 6.61 Å². The molecule has 1 aromatic carbocycles. The molecular formula is C15H21NO4. The van der Waals surface area contributed by atoms with Crippen LogP contribution in [0.25, 0.3) is 0 Å². The Morgan fingerprint density at radius 1 is 1.35 bits per heavy atom. The summed E-state index contributed by atoms with van der Waals surface area (Å²) in [7, 11) is 0. The molecule has 1 aromatic rings. The highest BCUT2D eigenvalue weighted by atomic mass is 16.5. The number of hydrogen-bond acceptors (Lipinski definition) is 4.